The maximum atomic E-state index is 10.3. The number of hydrogen-bond acceptors (Lipinski definition) is 1. The van der Waals surface area contributed by atoms with E-state index in [2.05, 4.69) is 6.08 Å². The number of carbonyl (C=O) groups is 1. The van der Waals surface area contributed by atoms with E-state index in [1.165, 1.54) is 0 Å². The van der Waals surface area contributed by atoms with Crippen LogP contribution in [0.1, 0.15) is 16.1 Å². The van der Waals surface area contributed by atoms with Crippen LogP contribution in [0.25, 0.3) is 6.08 Å². The molecule has 2 heteroatoms. The van der Waals surface area contributed by atoms with Crippen molar-refractivity contribution in [2.45, 2.75) is 6.54 Å². The van der Waals surface area contributed by atoms with E-state index in [-0.39, 0.29) is 0 Å². The largest absolute Gasteiger partial charge is 0.343 e. The summed E-state index contributed by atoms with van der Waals surface area (Å²) in [5, 5.41) is 0. The van der Waals surface area contributed by atoms with E-state index in [4.69, 9.17) is 0 Å². The van der Waals surface area contributed by atoms with Gasteiger partial charge in [-0.25, -0.2) is 0 Å². The fraction of sp³-hybridized carbons (Fsp3) is 0.125. The maximum Gasteiger partial charge on any atom is 0.151 e. The van der Waals surface area contributed by atoms with Crippen molar-refractivity contribution in [2.24, 2.45) is 0 Å². The zero-order valence-corrected chi connectivity index (χ0v) is 5.45. The zero-order valence-electron chi connectivity index (χ0n) is 5.45. The highest BCUT2D eigenvalue weighted by atomic mass is 16.1. The molecule has 0 aromatic carbocycles. The van der Waals surface area contributed by atoms with Crippen molar-refractivity contribution < 1.29 is 4.79 Å². The molecular weight excluding hydrogens is 126 g/mol. The Bertz CT molecular complexity index is 296. The van der Waals surface area contributed by atoms with Crippen LogP contribution in [-0.4, -0.2) is 10.9 Å². The molecule has 1 aliphatic rings. The average Bonchev–Trinajstić information content (AvgIpc) is 2.42. The lowest BCUT2D eigenvalue weighted by molar-refractivity contribution is 0.112. The van der Waals surface area contributed by atoms with Gasteiger partial charge in [-0.1, -0.05) is 6.08 Å². The average molecular weight is 133 g/mol. The molecule has 2 heterocycles. The SMILES string of the molecule is O=Cc1cc2n(c1)CC=C2. The summed E-state index contributed by atoms with van der Waals surface area (Å²) in [7, 11) is 0. The Balaban J connectivity index is 2.54. The number of hydrogen-bond donors (Lipinski definition) is 0. The Kier molecular flexibility index (Phi) is 1.01. The minimum Gasteiger partial charge on any atom is -0.343 e. The van der Waals surface area contributed by atoms with Crippen LogP contribution < -0.4 is 0 Å². The molecule has 10 heavy (non-hydrogen) atoms. The van der Waals surface area contributed by atoms with Gasteiger partial charge in [0.2, 0.25) is 0 Å². The normalized spacial score (nSPS) is 13.6. The predicted octanol–water partition coefficient (Wildman–Crippen LogP) is 1.33. The third-order valence-corrected chi connectivity index (χ3v) is 1.68. The molecule has 0 atom stereocenters. The van der Waals surface area contributed by atoms with Gasteiger partial charge in [-0.2, -0.15) is 0 Å². The molecule has 0 radical (unpaired) electrons. The number of allylic oxidation sites excluding steroid dienone is 1. The molecule has 0 fully saturated rings. The molecule has 0 spiro atoms. The number of carbonyl (C=O) groups excluding carboxylic acids is 1. The van der Waals surface area contributed by atoms with E-state index in [0.29, 0.717) is 0 Å². The van der Waals surface area contributed by atoms with E-state index < -0.39 is 0 Å². The fourth-order valence-corrected chi connectivity index (χ4v) is 1.20. The third-order valence-electron chi connectivity index (χ3n) is 1.68. The second-order valence-corrected chi connectivity index (χ2v) is 2.37. The molecular formula is C8H7NO. The summed E-state index contributed by atoms with van der Waals surface area (Å²) in [6.07, 6.45) is 6.83. The van der Waals surface area contributed by atoms with Crippen LogP contribution in [0.3, 0.4) is 0 Å². The van der Waals surface area contributed by atoms with E-state index in [1.54, 1.807) is 0 Å². The van der Waals surface area contributed by atoms with Gasteiger partial charge in [-0.05, 0) is 12.1 Å². The number of aromatic nitrogens is 1. The van der Waals surface area contributed by atoms with Crippen molar-refractivity contribution in [1.29, 1.82) is 0 Å². The molecule has 0 amide bonds. The van der Waals surface area contributed by atoms with Gasteiger partial charge in [-0.15, -0.1) is 0 Å². The minimum atomic E-state index is 0.763. The van der Waals surface area contributed by atoms with Crippen molar-refractivity contribution in [3.8, 4) is 0 Å². The first kappa shape index (κ1) is 5.47. The summed E-state index contributed by atoms with van der Waals surface area (Å²) in [6, 6.07) is 1.89. The molecule has 50 valence electrons. The topological polar surface area (TPSA) is 22.0 Å². The summed E-state index contributed by atoms with van der Waals surface area (Å²) in [4.78, 5) is 10.3. The quantitative estimate of drug-likeness (QED) is 0.530. The molecule has 2 rings (SSSR count). The van der Waals surface area contributed by atoms with Gasteiger partial charge in [0.15, 0.2) is 6.29 Å². The van der Waals surface area contributed by atoms with E-state index in [0.717, 1.165) is 24.1 Å². The van der Waals surface area contributed by atoms with Crippen LogP contribution in [-0.2, 0) is 6.54 Å². The number of nitrogens with zero attached hydrogens (tertiary/aromatic N) is 1. The molecule has 1 aromatic rings. The standard InChI is InChI=1S/C8H7NO/c10-6-7-4-8-2-1-3-9(8)5-7/h1-2,4-6H,3H2. The summed E-state index contributed by atoms with van der Waals surface area (Å²) in [5.74, 6) is 0. The summed E-state index contributed by atoms with van der Waals surface area (Å²) in [5.41, 5.74) is 1.89. The third kappa shape index (κ3) is 0.620. The van der Waals surface area contributed by atoms with Gasteiger partial charge in [0.1, 0.15) is 0 Å². The number of fused-ring (bicyclic) bond motifs is 1. The van der Waals surface area contributed by atoms with Gasteiger partial charge < -0.3 is 4.57 Å². The Morgan fingerprint density at radius 2 is 2.50 bits per heavy atom. The van der Waals surface area contributed by atoms with Crippen LogP contribution in [0.5, 0.6) is 0 Å². The first-order valence-corrected chi connectivity index (χ1v) is 3.22. The lowest BCUT2D eigenvalue weighted by Crippen LogP contribution is -1.87. The lowest BCUT2D eigenvalue weighted by atomic mass is 10.3. The molecule has 0 bridgehead atoms. The van der Waals surface area contributed by atoms with Crippen molar-refractivity contribution >= 4 is 12.4 Å². The van der Waals surface area contributed by atoms with Crippen molar-refractivity contribution in [3.63, 3.8) is 0 Å². The Hall–Kier alpha value is -1.31. The monoisotopic (exact) mass is 133 g/mol. The first-order chi connectivity index (χ1) is 4.90. The molecule has 1 aliphatic heterocycles. The highest BCUT2D eigenvalue weighted by Gasteiger charge is 2.04. The smallest absolute Gasteiger partial charge is 0.151 e. The van der Waals surface area contributed by atoms with Crippen molar-refractivity contribution in [2.75, 3.05) is 0 Å². The zero-order chi connectivity index (χ0) is 6.97. The second kappa shape index (κ2) is 1.84. The van der Waals surface area contributed by atoms with Gasteiger partial charge in [0.05, 0.1) is 0 Å². The van der Waals surface area contributed by atoms with Crippen LogP contribution in [0.15, 0.2) is 18.3 Å². The molecule has 0 N–H and O–H groups in total. The van der Waals surface area contributed by atoms with Crippen molar-refractivity contribution in [1.82, 2.24) is 4.57 Å². The van der Waals surface area contributed by atoms with Crippen LogP contribution in [0, 0.1) is 0 Å². The van der Waals surface area contributed by atoms with Crippen molar-refractivity contribution in [3.05, 3.63) is 29.6 Å². The van der Waals surface area contributed by atoms with Crippen LogP contribution in [0.2, 0.25) is 0 Å². The number of aldehydes is 1. The van der Waals surface area contributed by atoms with Gasteiger partial charge >= 0.3 is 0 Å². The first-order valence-electron chi connectivity index (χ1n) is 3.22. The summed E-state index contributed by atoms with van der Waals surface area (Å²) in [6.45, 7) is 0.906. The fourth-order valence-electron chi connectivity index (χ4n) is 1.20. The van der Waals surface area contributed by atoms with E-state index in [1.807, 2.05) is 22.9 Å². The summed E-state index contributed by atoms with van der Waals surface area (Å²) < 4.78 is 2.05. The highest BCUT2D eigenvalue weighted by Crippen LogP contribution is 2.14. The minimum absolute atomic E-state index is 0.763. The molecule has 0 saturated carbocycles. The lowest BCUT2D eigenvalue weighted by Gasteiger charge is -1.91. The van der Waals surface area contributed by atoms with Crippen LogP contribution >= 0.6 is 0 Å². The van der Waals surface area contributed by atoms with Crippen LogP contribution in [0.4, 0.5) is 0 Å². The van der Waals surface area contributed by atoms with E-state index in [9.17, 15) is 4.79 Å². The molecule has 0 saturated heterocycles. The van der Waals surface area contributed by atoms with E-state index >= 15 is 0 Å². The molecule has 0 unspecified atom stereocenters. The highest BCUT2D eigenvalue weighted by molar-refractivity contribution is 5.76. The molecule has 2 nitrogen and oxygen atoms in total. The Morgan fingerprint density at radius 1 is 1.60 bits per heavy atom. The Morgan fingerprint density at radius 3 is 3.20 bits per heavy atom. The summed E-state index contributed by atoms with van der Waals surface area (Å²) >= 11 is 0. The molecule has 1 aromatic heterocycles. The predicted molar refractivity (Wildman–Crippen MR) is 38.9 cm³/mol. The molecule has 0 aliphatic carbocycles. The van der Waals surface area contributed by atoms with Gasteiger partial charge in [0, 0.05) is 24.0 Å². The Labute approximate surface area is 58.8 Å². The van der Waals surface area contributed by atoms with Gasteiger partial charge in [0.25, 0.3) is 0 Å². The second-order valence-electron chi connectivity index (χ2n) is 2.37. The van der Waals surface area contributed by atoms with Gasteiger partial charge in [-0.3, -0.25) is 4.79 Å². The number of rotatable bonds is 1. The maximum absolute atomic E-state index is 10.3.